The zero-order valence-electron chi connectivity index (χ0n) is 7.01. The highest BCUT2D eigenvalue weighted by Crippen LogP contribution is 2.17. The van der Waals surface area contributed by atoms with E-state index in [1.165, 1.54) is 9.15 Å². The molecule has 2 rings (SSSR count). The summed E-state index contributed by atoms with van der Waals surface area (Å²) in [5.74, 6) is 0.197. The highest BCUT2D eigenvalue weighted by molar-refractivity contribution is 14.1. The van der Waals surface area contributed by atoms with E-state index in [-0.39, 0.29) is 11.0 Å². The molecule has 2 aromatic heterocycles. The maximum absolute atomic E-state index is 11.2. The lowest BCUT2D eigenvalue weighted by Gasteiger charge is -2.01. The summed E-state index contributed by atoms with van der Waals surface area (Å²) in [5.41, 5.74) is 6.50. The van der Waals surface area contributed by atoms with E-state index >= 15 is 0 Å². The number of nitrogen functional groups attached to an aromatic ring is 1. The number of anilines is 1. The van der Waals surface area contributed by atoms with E-state index in [1.54, 1.807) is 0 Å². The van der Waals surface area contributed by atoms with Gasteiger partial charge in [-0.25, -0.2) is 0 Å². The molecule has 0 bridgehead atoms. The van der Waals surface area contributed by atoms with Gasteiger partial charge in [0.2, 0.25) is 0 Å². The molecule has 0 aliphatic carbocycles. The van der Waals surface area contributed by atoms with Crippen molar-refractivity contribution in [1.82, 2.24) is 23.2 Å². The van der Waals surface area contributed by atoms with E-state index in [9.17, 15) is 4.55 Å². The predicted octanol–water partition coefficient (Wildman–Crippen LogP) is -0.261. The minimum atomic E-state index is -1.26. The third-order valence-electron chi connectivity index (χ3n) is 1.53. The van der Waals surface area contributed by atoms with Crippen molar-refractivity contribution >= 4 is 51.0 Å². The Morgan fingerprint density at radius 3 is 2.86 bits per heavy atom. The Bertz CT molecular complexity index is 484. The minimum Gasteiger partial charge on any atom is -0.609 e. The van der Waals surface area contributed by atoms with Crippen LogP contribution in [0.15, 0.2) is 5.16 Å². The van der Waals surface area contributed by atoms with Crippen molar-refractivity contribution in [3.8, 4) is 0 Å². The van der Waals surface area contributed by atoms with E-state index < -0.39 is 11.2 Å². The van der Waals surface area contributed by atoms with Gasteiger partial charge in [0.25, 0.3) is 0 Å². The molecule has 9 heteroatoms. The second-order valence-corrected chi connectivity index (χ2v) is 4.65. The molecule has 0 fully saturated rings. The van der Waals surface area contributed by atoms with Crippen LogP contribution in [0.25, 0.3) is 11.2 Å². The Kier molecular flexibility index (Phi) is 2.45. The van der Waals surface area contributed by atoms with Gasteiger partial charge in [0.15, 0.2) is 17.0 Å². The Morgan fingerprint density at radius 1 is 1.50 bits per heavy atom. The highest BCUT2D eigenvalue weighted by atomic mass is 127. The molecule has 1 atom stereocenters. The van der Waals surface area contributed by atoms with Gasteiger partial charge in [-0.2, -0.15) is 12.9 Å². The molecule has 0 aliphatic rings. The average Bonchev–Trinajstić information content (AvgIpc) is 2.48. The molecule has 0 radical (unpaired) electrons. The van der Waals surface area contributed by atoms with Crippen LogP contribution in [-0.4, -0.2) is 34.0 Å². The van der Waals surface area contributed by atoms with Gasteiger partial charge in [-0.05, 0) is 0 Å². The van der Waals surface area contributed by atoms with Crippen molar-refractivity contribution in [2.45, 2.75) is 5.16 Å². The van der Waals surface area contributed by atoms with Crippen molar-refractivity contribution in [3.63, 3.8) is 0 Å². The van der Waals surface area contributed by atoms with Gasteiger partial charge in [0.05, 0.1) is 22.9 Å². The van der Waals surface area contributed by atoms with Crippen molar-refractivity contribution < 1.29 is 4.55 Å². The van der Waals surface area contributed by atoms with Gasteiger partial charge in [-0.15, -0.1) is 5.10 Å². The van der Waals surface area contributed by atoms with Gasteiger partial charge in [0.1, 0.15) is 6.26 Å². The predicted molar refractivity (Wildman–Crippen MR) is 59.3 cm³/mol. The number of aromatic nitrogens is 5. The zero-order valence-corrected chi connectivity index (χ0v) is 9.98. The first-order valence-corrected chi connectivity index (χ1v) is 6.00. The fraction of sp³-hybridized carbons (Fsp3) is 0.200. The number of hydrogen-bond donors (Lipinski definition) is 1. The SMILES string of the molecule is C[S+]([O-])c1nc(N)c2nnn(I)c2n1. The lowest BCUT2D eigenvalue weighted by molar-refractivity contribution is 0.593. The summed E-state index contributed by atoms with van der Waals surface area (Å²) in [5, 5.41) is 7.69. The largest absolute Gasteiger partial charge is 0.609 e. The molecule has 2 aromatic rings. The molecule has 2 heterocycles. The summed E-state index contributed by atoms with van der Waals surface area (Å²) < 4.78 is 12.6. The number of halogens is 1. The van der Waals surface area contributed by atoms with Crippen molar-refractivity contribution in [2.24, 2.45) is 0 Å². The van der Waals surface area contributed by atoms with Gasteiger partial charge in [0, 0.05) is 11.2 Å². The van der Waals surface area contributed by atoms with Crippen LogP contribution in [0.2, 0.25) is 0 Å². The van der Waals surface area contributed by atoms with E-state index in [2.05, 4.69) is 20.3 Å². The lowest BCUT2D eigenvalue weighted by Crippen LogP contribution is -2.07. The van der Waals surface area contributed by atoms with Crippen LogP contribution in [0.3, 0.4) is 0 Å². The number of rotatable bonds is 1. The van der Waals surface area contributed by atoms with Crippen LogP contribution in [-0.2, 0) is 11.2 Å². The molecule has 0 aliphatic heterocycles. The lowest BCUT2D eigenvalue weighted by atomic mass is 10.5. The number of fused-ring (bicyclic) bond motifs is 1. The first kappa shape index (κ1) is 9.86. The monoisotopic (exact) mass is 324 g/mol. The summed E-state index contributed by atoms with van der Waals surface area (Å²) >= 11 is 0.646. The Labute approximate surface area is 95.8 Å². The van der Waals surface area contributed by atoms with Crippen LogP contribution in [0.4, 0.5) is 5.82 Å². The molecule has 74 valence electrons. The fourth-order valence-electron chi connectivity index (χ4n) is 0.919. The quantitative estimate of drug-likeness (QED) is 0.440. The second-order valence-electron chi connectivity index (χ2n) is 2.47. The summed E-state index contributed by atoms with van der Waals surface area (Å²) in [6.45, 7) is 0. The molecular weight excluding hydrogens is 319 g/mol. The molecule has 0 spiro atoms. The van der Waals surface area contributed by atoms with Crippen LogP contribution in [0.5, 0.6) is 0 Å². The van der Waals surface area contributed by atoms with E-state index in [4.69, 9.17) is 5.73 Å². The van der Waals surface area contributed by atoms with Gasteiger partial charge < -0.3 is 10.3 Å². The fourth-order valence-corrected chi connectivity index (χ4v) is 1.79. The van der Waals surface area contributed by atoms with Crippen LogP contribution in [0, 0.1) is 0 Å². The molecule has 2 N–H and O–H groups in total. The molecule has 0 aromatic carbocycles. The molecule has 14 heavy (non-hydrogen) atoms. The van der Waals surface area contributed by atoms with Gasteiger partial charge in [-0.3, -0.25) is 0 Å². The summed E-state index contributed by atoms with van der Waals surface area (Å²) in [6.07, 6.45) is 1.49. The van der Waals surface area contributed by atoms with Crippen molar-refractivity contribution in [1.29, 1.82) is 0 Å². The number of nitrogens with two attached hydrogens (primary N) is 1. The zero-order chi connectivity index (χ0) is 10.3. The standard InChI is InChI=1S/C5H5IN6OS/c1-14(13)5-8-3(7)2-4(9-5)12(6)11-10-2/h1H3,(H2,7,8,9). The van der Waals surface area contributed by atoms with E-state index in [1.807, 2.05) is 22.9 Å². The summed E-state index contributed by atoms with van der Waals surface area (Å²) in [4.78, 5) is 7.90. The van der Waals surface area contributed by atoms with Crippen molar-refractivity contribution in [3.05, 3.63) is 0 Å². The topological polar surface area (TPSA) is 106 Å². The average molecular weight is 324 g/mol. The molecule has 1 unspecified atom stereocenters. The normalized spacial score (nSPS) is 13.4. The van der Waals surface area contributed by atoms with E-state index in [0.717, 1.165) is 0 Å². The maximum atomic E-state index is 11.2. The molecule has 0 amide bonds. The first-order valence-electron chi connectivity index (χ1n) is 3.48. The van der Waals surface area contributed by atoms with Crippen LogP contribution >= 0.6 is 22.9 Å². The van der Waals surface area contributed by atoms with Gasteiger partial charge in [-0.1, -0.05) is 5.21 Å². The van der Waals surface area contributed by atoms with Crippen LogP contribution in [0.1, 0.15) is 0 Å². The maximum Gasteiger partial charge on any atom is 0.346 e. The van der Waals surface area contributed by atoms with Gasteiger partial charge >= 0.3 is 5.16 Å². The Morgan fingerprint density at radius 2 is 2.21 bits per heavy atom. The highest BCUT2D eigenvalue weighted by Gasteiger charge is 2.16. The van der Waals surface area contributed by atoms with Crippen molar-refractivity contribution in [2.75, 3.05) is 12.0 Å². The molecule has 0 saturated heterocycles. The third-order valence-corrected chi connectivity index (χ3v) is 2.87. The molecular formula is C5H5IN6OS. The first-order chi connectivity index (χ1) is 6.59. The molecule has 0 saturated carbocycles. The summed E-state index contributed by atoms with van der Waals surface area (Å²) in [7, 11) is 0. The second kappa shape index (κ2) is 3.47. The summed E-state index contributed by atoms with van der Waals surface area (Å²) in [6, 6.07) is 0. The number of hydrogen-bond acceptors (Lipinski definition) is 6. The Hall–Kier alpha value is -0.680. The minimum absolute atomic E-state index is 0.190. The molecule has 7 nitrogen and oxygen atoms in total. The number of nitrogens with zero attached hydrogens (tertiary/aromatic N) is 5. The van der Waals surface area contributed by atoms with Crippen LogP contribution < -0.4 is 5.73 Å². The Balaban J connectivity index is 2.75. The smallest absolute Gasteiger partial charge is 0.346 e. The van der Waals surface area contributed by atoms with E-state index in [0.29, 0.717) is 11.2 Å². The third kappa shape index (κ3) is 1.50.